The van der Waals surface area contributed by atoms with Crippen LogP contribution in [0.4, 0.5) is 4.39 Å². The van der Waals surface area contributed by atoms with Gasteiger partial charge in [-0.15, -0.1) is 0 Å². The lowest BCUT2D eigenvalue weighted by molar-refractivity contribution is 0.0932. The number of rotatable bonds is 6. The molecule has 1 atom stereocenters. The number of hydrogen-bond donors (Lipinski definition) is 1. The van der Waals surface area contributed by atoms with Crippen LogP contribution >= 0.6 is 0 Å². The van der Waals surface area contributed by atoms with Gasteiger partial charge in [-0.05, 0) is 48.0 Å². The normalized spacial score (nSPS) is 12.0. The van der Waals surface area contributed by atoms with Gasteiger partial charge in [0.25, 0.3) is 5.91 Å². The Morgan fingerprint density at radius 2 is 1.84 bits per heavy atom. The Morgan fingerprint density at radius 3 is 2.59 bits per heavy atom. The summed E-state index contributed by atoms with van der Waals surface area (Å²) in [5, 5.41) is 7.19. The van der Waals surface area contributed by atoms with E-state index in [1.165, 1.54) is 18.3 Å². The van der Waals surface area contributed by atoms with Crippen LogP contribution in [-0.4, -0.2) is 30.2 Å². The highest BCUT2D eigenvalue weighted by molar-refractivity contribution is 5.94. The van der Waals surface area contributed by atoms with Crippen molar-refractivity contribution in [2.75, 3.05) is 0 Å². The van der Waals surface area contributed by atoms with E-state index in [9.17, 15) is 9.18 Å². The van der Waals surface area contributed by atoms with E-state index < -0.39 is 6.04 Å². The van der Waals surface area contributed by atoms with Gasteiger partial charge in [0.15, 0.2) is 5.82 Å². The lowest BCUT2D eigenvalue weighted by Crippen LogP contribution is -2.31. The third-order valence-electron chi connectivity index (χ3n) is 5.23. The van der Waals surface area contributed by atoms with Crippen LogP contribution in [0, 0.1) is 5.82 Å². The van der Waals surface area contributed by atoms with E-state index >= 15 is 0 Å². The van der Waals surface area contributed by atoms with Gasteiger partial charge in [-0.2, -0.15) is 5.10 Å². The van der Waals surface area contributed by atoms with Gasteiger partial charge in [-0.3, -0.25) is 4.79 Å². The van der Waals surface area contributed by atoms with Crippen LogP contribution in [0.5, 0.6) is 0 Å². The quantitative estimate of drug-likeness (QED) is 0.446. The van der Waals surface area contributed by atoms with Gasteiger partial charge < -0.3 is 9.88 Å². The number of para-hydroxylation sites is 2. The highest BCUT2D eigenvalue weighted by Gasteiger charge is 2.18. The number of amides is 1. The van der Waals surface area contributed by atoms with E-state index in [0.29, 0.717) is 17.9 Å². The van der Waals surface area contributed by atoms with E-state index in [1.807, 2.05) is 28.8 Å². The number of nitrogens with zero attached hydrogens (tertiary/aromatic N) is 5. The molecule has 5 rings (SSSR count). The molecule has 3 heterocycles. The molecule has 32 heavy (non-hydrogen) atoms. The Bertz CT molecular complexity index is 1340. The summed E-state index contributed by atoms with van der Waals surface area (Å²) in [6, 6.07) is 18.8. The number of fused-ring (bicyclic) bond motifs is 1. The van der Waals surface area contributed by atoms with Crippen molar-refractivity contribution in [2.24, 2.45) is 0 Å². The van der Waals surface area contributed by atoms with Gasteiger partial charge >= 0.3 is 0 Å². The van der Waals surface area contributed by atoms with Gasteiger partial charge in [0.1, 0.15) is 5.82 Å². The molecule has 5 aromatic rings. The smallest absolute Gasteiger partial charge is 0.253 e. The maximum atomic E-state index is 13.5. The van der Waals surface area contributed by atoms with Crippen molar-refractivity contribution in [3.05, 3.63) is 109 Å². The summed E-state index contributed by atoms with van der Waals surface area (Å²) in [4.78, 5) is 21.8. The van der Waals surface area contributed by atoms with Crippen molar-refractivity contribution in [3.63, 3.8) is 0 Å². The number of imidazole rings is 1. The topological polar surface area (TPSA) is 77.6 Å². The highest BCUT2D eigenvalue weighted by Crippen LogP contribution is 2.20. The molecule has 1 unspecified atom stereocenters. The van der Waals surface area contributed by atoms with Gasteiger partial charge in [0.2, 0.25) is 0 Å². The molecule has 0 saturated heterocycles. The Labute approximate surface area is 183 Å². The first-order chi connectivity index (χ1) is 15.7. The van der Waals surface area contributed by atoms with Crippen molar-refractivity contribution < 1.29 is 9.18 Å². The van der Waals surface area contributed by atoms with Crippen LogP contribution in [0.3, 0.4) is 0 Å². The third-order valence-corrected chi connectivity index (χ3v) is 5.23. The summed E-state index contributed by atoms with van der Waals surface area (Å²) < 4.78 is 17.1. The molecule has 1 N–H and O–H groups in total. The van der Waals surface area contributed by atoms with Gasteiger partial charge in [0, 0.05) is 25.1 Å². The van der Waals surface area contributed by atoms with Gasteiger partial charge in [-0.25, -0.2) is 19.0 Å². The number of carbonyl (C=O) groups excluding carboxylic acids is 1. The fourth-order valence-electron chi connectivity index (χ4n) is 3.58. The lowest BCUT2D eigenvalue weighted by atomic mass is 10.1. The van der Waals surface area contributed by atoms with E-state index in [-0.39, 0.29) is 11.7 Å². The fourth-order valence-corrected chi connectivity index (χ4v) is 3.58. The average Bonchev–Trinajstić information content (AvgIpc) is 3.50. The third kappa shape index (κ3) is 3.98. The summed E-state index contributed by atoms with van der Waals surface area (Å²) in [7, 11) is 0. The lowest BCUT2D eigenvalue weighted by Gasteiger charge is -2.20. The van der Waals surface area contributed by atoms with Crippen LogP contribution in [0.15, 0.2) is 91.6 Å². The number of pyridine rings is 1. The van der Waals surface area contributed by atoms with Crippen molar-refractivity contribution in [1.82, 2.24) is 29.6 Å². The summed E-state index contributed by atoms with van der Waals surface area (Å²) in [5.41, 5.74) is 3.04. The zero-order chi connectivity index (χ0) is 21.9. The Hall–Kier alpha value is -4.33. The minimum absolute atomic E-state index is 0.275. The molecule has 8 heteroatoms. The summed E-state index contributed by atoms with van der Waals surface area (Å²) in [5.74, 6) is 0.0140. The number of nitrogens with one attached hydrogen (secondary N) is 1. The largest absolute Gasteiger partial charge is 0.343 e. The van der Waals surface area contributed by atoms with Crippen molar-refractivity contribution in [1.29, 1.82) is 0 Å². The molecule has 0 radical (unpaired) electrons. The maximum absolute atomic E-state index is 13.5. The molecule has 0 bridgehead atoms. The van der Waals surface area contributed by atoms with Crippen LogP contribution in [0.2, 0.25) is 0 Å². The van der Waals surface area contributed by atoms with E-state index in [0.717, 1.165) is 16.6 Å². The van der Waals surface area contributed by atoms with Crippen LogP contribution in [0.1, 0.15) is 22.0 Å². The Morgan fingerprint density at radius 1 is 1.00 bits per heavy atom. The van der Waals surface area contributed by atoms with Crippen molar-refractivity contribution >= 4 is 16.9 Å². The van der Waals surface area contributed by atoms with Gasteiger partial charge in [-0.1, -0.05) is 24.3 Å². The summed E-state index contributed by atoms with van der Waals surface area (Å²) in [6.07, 6.45) is 6.70. The summed E-state index contributed by atoms with van der Waals surface area (Å²) in [6.45, 7) is 0.441. The zero-order valence-corrected chi connectivity index (χ0v) is 17.0. The molecule has 158 valence electrons. The Balaban J connectivity index is 1.41. The summed E-state index contributed by atoms with van der Waals surface area (Å²) >= 11 is 0. The fraction of sp³-hybridized carbons (Fsp3) is 0.0833. The minimum atomic E-state index is -0.397. The molecule has 1 amide bonds. The molecule has 3 aromatic heterocycles. The molecule has 0 aliphatic heterocycles. The number of benzene rings is 2. The van der Waals surface area contributed by atoms with E-state index in [4.69, 9.17) is 0 Å². The first kappa shape index (κ1) is 19.6. The molecule has 0 aliphatic rings. The van der Waals surface area contributed by atoms with Crippen LogP contribution in [-0.2, 0) is 6.54 Å². The molecule has 7 nitrogen and oxygen atoms in total. The van der Waals surface area contributed by atoms with Crippen molar-refractivity contribution in [2.45, 2.75) is 12.6 Å². The minimum Gasteiger partial charge on any atom is -0.343 e. The molecular formula is C24H19FN6O. The van der Waals surface area contributed by atoms with Crippen LogP contribution < -0.4 is 5.32 Å². The molecule has 0 saturated carbocycles. The monoisotopic (exact) mass is 426 g/mol. The number of halogens is 1. The predicted molar refractivity (Wildman–Crippen MR) is 118 cm³/mol. The zero-order valence-electron chi connectivity index (χ0n) is 17.0. The molecule has 0 fully saturated rings. The number of carbonyl (C=O) groups is 1. The average molecular weight is 426 g/mol. The Kier molecular flexibility index (Phi) is 5.17. The first-order valence-corrected chi connectivity index (χ1v) is 10.1. The standard InChI is InChI=1S/C24H19FN6O/c25-19-9-6-17(7-10-19)21(15-30-16-27-20-4-1-2-5-22(20)30)29-24(32)18-8-11-23(26-14-18)31-13-3-12-28-31/h1-14,16,21H,15H2,(H,29,32). The van der Waals surface area contributed by atoms with Crippen molar-refractivity contribution in [3.8, 4) is 5.82 Å². The van der Waals surface area contributed by atoms with E-state index in [2.05, 4.69) is 20.4 Å². The second kappa shape index (κ2) is 8.43. The van der Waals surface area contributed by atoms with Crippen LogP contribution in [0.25, 0.3) is 16.9 Å². The SMILES string of the molecule is O=C(NC(Cn1cnc2ccccc21)c1ccc(F)cc1)c1ccc(-n2cccn2)nc1. The predicted octanol–water partition coefficient (Wildman–Crippen LogP) is 3.93. The molecule has 0 aliphatic carbocycles. The first-order valence-electron chi connectivity index (χ1n) is 10.1. The second-order valence-electron chi connectivity index (χ2n) is 7.32. The second-order valence-corrected chi connectivity index (χ2v) is 7.32. The van der Waals surface area contributed by atoms with E-state index in [1.54, 1.807) is 53.7 Å². The highest BCUT2D eigenvalue weighted by atomic mass is 19.1. The number of hydrogen-bond acceptors (Lipinski definition) is 4. The number of aromatic nitrogens is 5. The molecular weight excluding hydrogens is 407 g/mol. The maximum Gasteiger partial charge on any atom is 0.253 e. The van der Waals surface area contributed by atoms with Gasteiger partial charge in [0.05, 0.1) is 29.0 Å². The molecule has 0 spiro atoms. The molecule has 2 aromatic carbocycles.